The van der Waals surface area contributed by atoms with E-state index in [1.165, 1.54) is 12.0 Å². The van der Waals surface area contributed by atoms with Crippen molar-refractivity contribution >= 4 is 0 Å². The molecule has 0 aliphatic carbocycles. The molecule has 0 amide bonds. The van der Waals surface area contributed by atoms with Gasteiger partial charge < -0.3 is 9.47 Å². The highest BCUT2D eigenvalue weighted by molar-refractivity contribution is 5.31. The van der Waals surface area contributed by atoms with Crippen molar-refractivity contribution in [1.29, 1.82) is 0 Å². The Hall–Kier alpha value is -1.02. The van der Waals surface area contributed by atoms with Gasteiger partial charge in [-0.05, 0) is 36.0 Å². The third kappa shape index (κ3) is 3.47. The summed E-state index contributed by atoms with van der Waals surface area (Å²) in [6.45, 7) is 7.47. The molecule has 1 aliphatic heterocycles. The van der Waals surface area contributed by atoms with Crippen LogP contribution in [0.1, 0.15) is 45.6 Å². The molecular weight excluding hydrogens is 212 g/mol. The zero-order chi connectivity index (χ0) is 12.3. The maximum absolute atomic E-state index is 5.80. The lowest BCUT2D eigenvalue weighted by Gasteiger charge is -2.24. The molecule has 2 heteroatoms. The first-order valence-electron chi connectivity index (χ1n) is 6.44. The third-order valence-electron chi connectivity index (χ3n) is 3.13. The zero-order valence-corrected chi connectivity index (χ0v) is 11.0. The number of hydrogen-bond donors (Lipinski definition) is 0. The van der Waals surface area contributed by atoms with Crippen LogP contribution in [0, 0.1) is 0 Å². The molecule has 0 radical (unpaired) electrons. The smallest absolute Gasteiger partial charge is 0.199 e. The van der Waals surface area contributed by atoms with Gasteiger partial charge in [0.05, 0.1) is 6.61 Å². The molecule has 94 valence electrons. The van der Waals surface area contributed by atoms with E-state index < -0.39 is 0 Å². The second-order valence-electron chi connectivity index (χ2n) is 5.69. The number of benzene rings is 1. The van der Waals surface area contributed by atoms with Crippen LogP contribution >= 0.6 is 0 Å². The molecule has 1 fully saturated rings. The fourth-order valence-corrected chi connectivity index (χ4v) is 1.99. The first kappa shape index (κ1) is 12.4. The highest BCUT2D eigenvalue weighted by Crippen LogP contribution is 2.25. The molecular formula is C15H22O2. The van der Waals surface area contributed by atoms with Crippen LogP contribution in [0.2, 0.25) is 0 Å². The maximum Gasteiger partial charge on any atom is 0.199 e. The first-order valence-corrected chi connectivity index (χ1v) is 6.44. The van der Waals surface area contributed by atoms with Crippen molar-refractivity contribution in [3.8, 4) is 5.75 Å². The Kier molecular flexibility index (Phi) is 3.72. The minimum atomic E-state index is -0.0516. The zero-order valence-electron chi connectivity index (χ0n) is 11.0. The Morgan fingerprint density at radius 2 is 1.82 bits per heavy atom. The van der Waals surface area contributed by atoms with Gasteiger partial charge in [-0.2, -0.15) is 0 Å². The minimum absolute atomic E-state index is 0.0516. The number of ether oxygens (including phenoxy) is 2. The minimum Gasteiger partial charge on any atom is -0.465 e. The van der Waals surface area contributed by atoms with Crippen molar-refractivity contribution in [2.24, 2.45) is 0 Å². The summed E-state index contributed by atoms with van der Waals surface area (Å²) in [5, 5.41) is 0. The molecule has 2 nitrogen and oxygen atoms in total. The van der Waals surface area contributed by atoms with Gasteiger partial charge in [0, 0.05) is 6.42 Å². The summed E-state index contributed by atoms with van der Waals surface area (Å²) in [6.07, 6.45) is 3.30. The fraction of sp³-hybridized carbons (Fsp3) is 0.600. The molecule has 17 heavy (non-hydrogen) atoms. The Morgan fingerprint density at radius 1 is 1.12 bits per heavy atom. The van der Waals surface area contributed by atoms with E-state index in [-0.39, 0.29) is 11.7 Å². The quantitative estimate of drug-likeness (QED) is 0.773. The van der Waals surface area contributed by atoms with Crippen LogP contribution in [0.3, 0.4) is 0 Å². The largest absolute Gasteiger partial charge is 0.465 e. The average molecular weight is 234 g/mol. The monoisotopic (exact) mass is 234 g/mol. The molecule has 1 heterocycles. The summed E-state index contributed by atoms with van der Waals surface area (Å²) < 4.78 is 11.4. The maximum atomic E-state index is 5.80. The van der Waals surface area contributed by atoms with Gasteiger partial charge in [-0.25, -0.2) is 0 Å². The predicted octanol–water partition coefficient (Wildman–Crippen LogP) is 3.89. The second kappa shape index (κ2) is 5.09. The van der Waals surface area contributed by atoms with Crippen LogP contribution in [-0.2, 0) is 10.2 Å². The summed E-state index contributed by atoms with van der Waals surface area (Å²) >= 11 is 0. The van der Waals surface area contributed by atoms with Gasteiger partial charge in [-0.15, -0.1) is 0 Å². The summed E-state index contributed by atoms with van der Waals surface area (Å²) in [7, 11) is 0. The van der Waals surface area contributed by atoms with Gasteiger partial charge in [0.1, 0.15) is 5.75 Å². The lowest BCUT2D eigenvalue weighted by molar-refractivity contribution is -0.105. The van der Waals surface area contributed by atoms with Gasteiger partial charge in [-0.1, -0.05) is 32.9 Å². The molecule has 0 unspecified atom stereocenters. The van der Waals surface area contributed by atoms with E-state index in [1.807, 2.05) is 12.1 Å². The summed E-state index contributed by atoms with van der Waals surface area (Å²) in [4.78, 5) is 0. The van der Waals surface area contributed by atoms with Crippen LogP contribution in [0.5, 0.6) is 5.75 Å². The number of hydrogen-bond acceptors (Lipinski definition) is 2. The molecule has 0 spiro atoms. The van der Waals surface area contributed by atoms with E-state index in [0.717, 1.165) is 25.2 Å². The standard InChI is InChI=1S/C15H22O2/c1-15(2,3)12-7-9-13(10-8-12)17-14-6-4-5-11-16-14/h7-10,14H,4-6,11H2,1-3H3/t14-/m1/s1. The van der Waals surface area contributed by atoms with Crippen LogP contribution in [0.25, 0.3) is 0 Å². The Bertz CT molecular complexity index is 342. The summed E-state index contributed by atoms with van der Waals surface area (Å²) in [5.74, 6) is 0.907. The summed E-state index contributed by atoms with van der Waals surface area (Å²) in [6, 6.07) is 8.35. The molecule has 0 saturated carbocycles. The van der Waals surface area contributed by atoms with E-state index in [0.29, 0.717) is 0 Å². The van der Waals surface area contributed by atoms with Gasteiger partial charge in [0.25, 0.3) is 0 Å². The Labute approximate surface area is 104 Å². The predicted molar refractivity (Wildman–Crippen MR) is 69.4 cm³/mol. The van der Waals surface area contributed by atoms with Crippen LogP contribution in [0.15, 0.2) is 24.3 Å². The fourth-order valence-electron chi connectivity index (χ4n) is 1.99. The van der Waals surface area contributed by atoms with Crippen molar-refractivity contribution < 1.29 is 9.47 Å². The Balaban J connectivity index is 1.98. The van der Waals surface area contributed by atoms with E-state index in [2.05, 4.69) is 32.9 Å². The first-order chi connectivity index (χ1) is 8.05. The average Bonchev–Trinajstić information content (AvgIpc) is 2.30. The number of rotatable bonds is 2. The lowest BCUT2D eigenvalue weighted by Crippen LogP contribution is -2.25. The molecule has 1 aromatic carbocycles. The van der Waals surface area contributed by atoms with E-state index in [4.69, 9.17) is 9.47 Å². The normalized spacial score (nSPS) is 21.2. The van der Waals surface area contributed by atoms with E-state index >= 15 is 0 Å². The molecule has 1 aliphatic rings. The molecule has 0 bridgehead atoms. The topological polar surface area (TPSA) is 18.5 Å². The van der Waals surface area contributed by atoms with Crippen LogP contribution in [-0.4, -0.2) is 12.9 Å². The van der Waals surface area contributed by atoms with Crippen molar-refractivity contribution in [2.75, 3.05) is 6.61 Å². The molecule has 1 saturated heterocycles. The van der Waals surface area contributed by atoms with E-state index in [9.17, 15) is 0 Å². The van der Waals surface area contributed by atoms with Gasteiger partial charge >= 0.3 is 0 Å². The van der Waals surface area contributed by atoms with Crippen molar-refractivity contribution in [3.63, 3.8) is 0 Å². The lowest BCUT2D eigenvalue weighted by atomic mass is 9.87. The second-order valence-corrected chi connectivity index (χ2v) is 5.69. The molecule has 0 N–H and O–H groups in total. The van der Waals surface area contributed by atoms with Gasteiger partial charge in [-0.3, -0.25) is 0 Å². The van der Waals surface area contributed by atoms with Crippen molar-refractivity contribution in [3.05, 3.63) is 29.8 Å². The molecule has 0 aromatic heterocycles. The molecule has 1 aromatic rings. The van der Waals surface area contributed by atoms with Gasteiger partial charge in [0.2, 0.25) is 0 Å². The highest BCUT2D eigenvalue weighted by Gasteiger charge is 2.16. The molecule has 2 rings (SSSR count). The SMILES string of the molecule is CC(C)(C)c1ccc(O[C@@H]2CCCCO2)cc1. The van der Waals surface area contributed by atoms with Crippen molar-refractivity contribution in [2.45, 2.75) is 51.7 Å². The van der Waals surface area contributed by atoms with E-state index in [1.54, 1.807) is 0 Å². The van der Waals surface area contributed by atoms with Crippen LogP contribution < -0.4 is 4.74 Å². The molecule has 1 atom stereocenters. The highest BCUT2D eigenvalue weighted by atomic mass is 16.7. The Morgan fingerprint density at radius 3 is 2.35 bits per heavy atom. The van der Waals surface area contributed by atoms with Crippen molar-refractivity contribution in [1.82, 2.24) is 0 Å². The van der Waals surface area contributed by atoms with Crippen LogP contribution in [0.4, 0.5) is 0 Å². The van der Waals surface area contributed by atoms with Gasteiger partial charge in [0.15, 0.2) is 6.29 Å². The third-order valence-corrected chi connectivity index (χ3v) is 3.13. The summed E-state index contributed by atoms with van der Waals surface area (Å²) in [5.41, 5.74) is 1.52.